The summed E-state index contributed by atoms with van der Waals surface area (Å²) >= 11 is 0. The predicted molar refractivity (Wildman–Crippen MR) is 76.5 cm³/mol. The highest BCUT2D eigenvalue weighted by Crippen LogP contribution is 2.23. The van der Waals surface area contributed by atoms with Gasteiger partial charge in [-0.3, -0.25) is 0 Å². The molecule has 0 radical (unpaired) electrons. The van der Waals surface area contributed by atoms with Gasteiger partial charge < -0.3 is 4.74 Å². The van der Waals surface area contributed by atoms with Gasteiger partial charge in [0.1, 0.15) is 0 Å². The quantitative estimate of drug-likeness (QED) is 0.426. The third-order valence-corrected chi connectivity index (χ3v) is 6.75. The van der Waals surface area contributed by atoms with Crippen molar-refractivity contribution in [2.45, 2.75) is 38.1 Å². The summed E-state index contributed by atoms with van der Waals surface area (Å²) < 4.78 is 5.24. The van der Waals surface area contributed by atoms with E-state index in [0.717, 1.165) is 19.4 Å². The van der Waals surface area contributed by atoms with Crippen molar-refractivity contribution >= 4 is 13.3 Å². The number of epoxide rings is 1. The van der Waals surface area contributed by atoms with E-state index in [1.807, 2.05) is 0 Å². The molecule has 0 bridgehead atoms. The molecule has 2 rings (SSSR count). The fourth-order valence-corrected chi connectivity index (χ4v) is 5.03. The van der Waals surface area contributed by atoms with Gasteiger partial charge in [-0.1, -0.05) is 54.2 Å². The number of rotatable bonds is 6. The van der Waals surface area contributed by atoms with Crippen molar-refractivity contribution in [1.29, 1.82) is 0 Å². The minimum absolute atomic E-state index is 0.535. The molecule has 1 nitrogen and oxygen atoms in total. The molecule has 1 aliphatic heterocycles. The van der Waals surface area contributed by atoms with Gasteiger partial charge in [0.05, 0.1) is 20.8 Å². The summed E-state index contributed by atoms with van der Waals surface area (Å²) in [7, 11) is -1.33. The van der Waals surface area contributed by atoms with Gasteiger partial charge in [0.2, 0.25) is 0 Å². The van der Waals surface area contributed by atoms with E-state index in [1.165, 1.54) is 16.8 Å². The first-order valence-corrected chi connectivity index (χ1v) is 9.62. The molecule has 1 atom stereocenters. The smallest absolute Gasteiger partial charge is 0.0845 e. The van der Waals surface area contributed by atoms with Gasteiger partial charge in [-0.2, -0.15) is 0 Å². The average molecular weight is 246 g/mol. The molecule has 0 saturated carbocycles. The normalized spacial score (nSPS) is 19.1. The highest BCUT2D eigenvalue weighted by molar-refractivity contribution is 6.90. The van der Waals surface area contributed by atoms with Crippen molar-refractivity contribution < 1.29 is 4.74 Å². The molecule has 0 spiro atoms. The van der Waals surface area contributed by atoms with Gasteiger partial charge >= 0.3 is 0 Å². The Morgan fingerprint density at radius 3 is 2.59 bits per heavy atom. The van der Waals surface area contributed by atoms with E-state index in [9.17, 15) is 0 Å². The topological polar surface area (TPSA) is 12.5 Å². The van der Waals surface area contributed by atoms with Crippen molar-refractivity contribution in [3.8, 4) is 0 Å². The van der Waals surface area contributed by atoms with Crippen LogP contribution < -0.4 is 5.19 Å². The predicted octanol–water partition coefficient (Wildman–Crippen LogP) is 3.34. The molecule has 0 aliphatic carbocycles. The molecule has 1 aliphatic rings. The van der Waals surface area contributed by atoms with Crippen LogP contribution in [0.2, 0.25) is 19.1 Å². The van der Waals surface area contributed by atoms with E-state index in [1.54, 1.807) is 0 Å². The van der Waals surface area contributed by atoms with E-state index >= 15 is 0 Å². The summed E-state index contributed by atoms with van der Waals surface area (Å²) in [4.78, 5) is 0. The number of ether oxygens (including phenoxy) is 1. The van der Waals surface area contributed by atoms with Crippen LogP contribution in [0.5, 0.6) is 0 Å². The average Bonchev–Trinajstić information content (AvgIpc) is 3.11. The van der Waals surface area contributed by atoms with Gasteiger partial charge in [0.25, 0.3) is 0 Å². The zero-order valence-corrected chi connectivity index (χ0v) is 11.9. The third-order valence-electron chi connectivity index (χ3n) is 3.47. The Morgan fingerprint density at radius 2 is 2.00 bits per heavy atom. The van der Waals surface area contributed by atoms with Crippen LogP contribution in [0.25, 0.3) is 0 Å². The lowest BCUT2D eigenvalue weighted by Crippen LogP contribution is -2.41. The number of hydrogen-bond donors (Lipinski definition) is 0. The molecular formula is C15H22OSi. The second-order valence-corrected chi connectivity index (χ2v) is 10.4. The molecule has 1 heterocycles. The van der Waals surface area contributed by atoms with Gasteiger partial charge in [0.15, 0.2) is 0 Å². The maximum atomic E-state index is 5.24. The maximum absolute atomic E-state index is 5.24. The fraction of sp³-hybridized carbons (Fsp3) is 0.467. The molecule has 1 aromatic carbocycles. The lowest BCUT2D eigenvalue weighted by atomic mass is 10.1. The summed E-state index contributed by atoms with van der Waals surface area (Å²) in [5, 5.41) is 1.53. The first kappa shape index (κ1) is 12.6. The molecule has 1 aromatic rings. The highest BCUT2D eigenvalue weighted by atomic mass is 28.3. The van der Waals surface area contributed by atoms with Crippen molar-refractivity contribution in [2.75, 3.05) is 6.61 Å². The molecule has 1 unspecified atom stereocenters. The van der Waals surface area contributed by atoms with Crippen LogP contribution in [0.15, 0.2) is 42.5 Å². The van der Waals surface area contributed by atoms with Crippen molar-refractivity contribution in [2.24, 2.45) is 0 Å². The number of allylic oxidation sites excluding steroid dienone is 1. The lowest BCUT2D eigenvalue weighted by molar-refractivity contribution is 0.396. The van der Waals surface area contributed by atoms with Crippen LogP contribution in [-0.2, 0) is 4.74 Å². The Morgan fingerprint density at radius 1 is 1.35 bits per heavy atom. The largest absolute Gasteiger partial charge is 0.373 e. The van der Waals surface area contributed by atoms with Crippen molar-refractivity contribution in [3.63, 3.8) is 0 Å². The minimum atomic E-state index is -1.33. The summed E-state index contributed by atoms with van der Waals surface area (Å²) in [6.07, 6.45) is 2.83. The van der Waals surface area contributed by atoms with Gasteiger partial charge in [-0.05, 0) is 18.9 Å². The van der Waals surface area contributed by atoms with Crippen molar-refractivity contribution in [1.82, 2.24) is 0 Å². The van der Waals surface area contributed by atoms with Crippen LogP contribution >= 0.6 is 0 Å². The first-order chi connectivity index (χ1) is 8.08. The first-order valence-electron chi connectivity index (χ1n) is 6.42. The van der Waals surface area contributed by atoms with Crippen LogP contribution in [0.1, 0.15) is 12.8 Å². The van der Waals surface area contributed by atoms with Crippen LogP contribution in [-0.4, -0.2) is 20.8 Å². The standard InChI is InChI=1S/C15H22OSi/c1-13(9-10-14-11-16-14)12-17(2,3)15-7-5-4-6-8-15/h4-8,14H,1,9-12H2,2-3H3. The summed E-state index contributed by atoms with van der Waals surface area (Å²) in [6, 6.07) is 12.1. The van der Waals surface area contributed by atoms with Crippen LogP contribution in [0.3, 0.4) is 0 Å². The summed E-state index contributed by atoms with van der Waals surface area (Å²) in [5.74, 6) is 0. The van der Waals surface area contributed by atoms with E-state index in [2.05, 4.69) is 50.0 Å². The van der Waals surface area contributed by atoms with Crippen LogP contribution in [0, 0.1) is 0 Å². The van der Waals surface area contributed by atoms with Crippen LogP contribution in [0.4, 0.5) is 0 Å². The molecular weight excluding hydrogens is 224 g/mol. The Labute approximate surface area is 106 Å². The molecule has 1 saturated heterocycles. The second-order valence-electron chi connectivity index (χ2n) is 5.67. The number of hydrogen-bond acceptors (Lipinski definition) is 1. The minimum Gasteiger partial charge on any atom is -0.373 e. The molecule has 0 aromatic heterocycles. The van der Waals surface area contributed by atoms with Crippen molar-refractivity contribution in [3.05, 3.63) is 42.5 Å². The fourth-order valence-electron chi connectivity index (χ4n) is 2.30. The molecule has 92 valence electrons. The molecule has 0 N–H and O–H groups in total. The van der Waals surface area contributed by atoms with E-state index in [0.29, 0.717) is 6.10 Å². The summed E-state index contributed by atoms with van der Waals surface area (Å²) in [5.41, 5.74) is 1.40. The van der Waals surface area contributed by atoms with Gasteiger partial charge in [-0.15, -0.1) is 6.58 Å². The van der Waals surface area contributed by atoms with Gasteiger partial charge in [-0.25, -0.2) is 0 Å². The Balaban J connectivity index is 1.89. The molecule has 0 amide bonds. The van der Waals surface area contributed by atoms with E-state index in [4.69, 9.17) is 4.74 Å². The van der Waals surface area contributed by atoms with E-state index < -0.39 is 8.07 Å². The zero-order valence-electron chi connectivity index (χ0n) is 10.9. The lowest BCUT2D eigenvalue weighted by Gasteiger charge is -2.24. The monoisotopic (exact) mass is 246 g/mol. The molecule has 2 heteroatoms. The number of benzene rings is 1. The highest BCUT2D eigenvalue weighted by Gasteiger charge is 2.26. The van der Waals surface area contributed by atoms with Gasteiger partial charge in [0, 0.05) is 0 Å². The Hall–Kier alpha value is -0.863. The third kappa shape index (κ3) is 3.82. The van der Waals surface area contributed by atoms with E-state index in [-0.39, 0.29) is 0 Å². The Kier molecular flexibility index (Phi) is 3.85. The Bertz CT molecular complexity index is 379. The zero-order chi connectivity index (χ0) is 12.3. The molecule has 17 heavy (non-hydrogen) atoms. The summed E-state index contributed by atoms with van der Waals surface area (Å²) in [6.45, 7) is 10.1. The second kappa shape index (κ2) is 5.19. The maximum Gasteiger partial charge on any atom is 0.0845 e. The molecule has 1 fully saturated rings. The SMILES string of the molecule is C=C(CCC1CO1)C[Si](C)(C)c1ccccc1.